The van der Waals surface area contributed by atoms with Crippen LogP contribution in [0.2, 0.25) is 0 Å². The molecule has 0 aliphatic heterocycles. The molecule has 0 spiro atoms. The lowest BCUT2D eigenvalue weighted by molar-refractivity contribution is -0.140. The molecule has 0 saturated heterocycles. The minimum atomic E-state index is -4.97. The highest BCUT2D eigenvalue weighted by Crippen LogP contribution is 2.33. The highest BCUT2D eigenvalue weighted by molar-refractivity contribution is 7.89. The molecular weight excluding hydrogens is 488 g/mol. The zero-order valence-corrected chi connectivity index (χ0v) is 19.3. The fourth-order valence-electron chi connectivity index (χ4n) is 3.22. The number of halogens is 4. The summed E-state index contributed by atoms with van der Waals surface area (Å²) in [6.07, 6.45) is -5.06. The SMILES string of the molecule is CCOc1ccc(S(=O)(=O)N[C@@H](Cc2ccccc2)C(=O)Nc2ccc(F)c(C(F)(F)F)c2)cc1. The number of carbonyl (C=O) groups is 1. The van der Waals surface area contributed by atoms with Gasteiger partial charge < -0.3 is 10.1 Å². The second-order valence-corrected chi connectivity index (χ2v) is 9.16. The Balaban J connectivity index is 1.87. The van der Waals surface area contributed by atoms with E-state index in [1.54, 1.807) is 37.3 Å². The van der Waals surface area contributed by atoms with Gasteiger partial charge in [0.2, 0.25) is 15.9 Å². The average molecular weight is 511 g/mol. The Bertz CT molecular complexity index is 1260. The van der Waals surface area contributed by atoms with Crippen LogP contribution in [0.3, 0.4) is 0 Å². The fourth-order valence-corrected chi connectivity index (χ4v) is 4.42. The highest BCUT2D eigenvalue weighted by atomic mass is 32.2. The molecule has 0 heterocycles. The summed E-state index contributed by atoms with van der Waals surface area (Å²) in [7, 11) is -4.19. The molecule has 0 fully saturated rings. The molecule has 3 aromatic rings. The van der Waals surface area contributed by atoms with Crippen molar-refractivity contribution in [2.24, 2.45) is 0 Å². The Morgan fingerprint density at radius 1 is 1.00 bits per heavy atom. The molecule has 1 amide bonds. The second-order valence-electron chi connectivity index (χ2n) is 7.45. The maximum atomic E-state index is 13.6. The van der Waals surface area contributed by atoms with E-state index >= 15 is 0 Å². The molecule has 0 radical (unpaired) electrons. The van der Waals surface area contributed by atoms with Gasteiger partial charge in [-0.25, -0.2) is 12.8 Å². The molecule has 11 heteroatoms. The summed E-state index contributed by atoms with van der Waals surface area (Å²) in [6, 6.07) is 14.6. The molecule has 0 aliphatic carbocycles. The van der Waals surface area contributed by atoms with Gasteiger partial charge in [-0.2, -0.15) is 17.9 Å². The summed E-state index contributed by atoms with van der Waals surface area (Å²) >= 11 is 0. The predicted octanol–water partition coefficient (Wildman–Crippen LogP) is 4.77. The zero-order valence-electron chi connectivity index (χ0n) is 18.5. The molecule has 1 atom stereocenters. The van der Waals surface area contributed by atoms with Crippen LogP contribution < -0.4 is 14.8 Å². The Hall–Kier alpha value is -3.44. The van der Waals surface area contributed by atoms with Crippen LogP contribution in [0.5, 0.6) is 5.75 Å². The summed E-state index contributed by atoms with van der Waals surface area (Å²) in [5.41, 5.74) is -1.27. The maximum Gasteiger partial charge on any atom is 0.419 e. The third-order valence-corrected chi connectivity index (χ3v) is 6.37. The molecule has 0 bridgehead atoms. The van der Waals surface area contributed by atoms with Gasteiger partial charge in [-0.3, -0.25) is 4.79 Å². The molecule has 3 aromatic carbocycles. The Morgan fingerprint density at radius 2 is 1.66 bits per heavy atom. The van der Waals surface area contributed by atoms with Crippen LogP contribution in [0.15, 0.2) is 77.7 Å². The zero-order chi connectivity index (χ0) is 25.6. The van der Waals surface area contributed by atoms with E-state index in [4.69, 9.17) is 4.74 Å². The van der Waals surface area contributed by atoms with Crippen molar-refractivity contribution in [3.63, 3.8) is 0 Å². The quantitative estimate of drug-likeness (QED) is 0.406. The second kappa shape index (κ2) is 10.9. The third kappa shape index (κ3) is 7.03. The molecule has 6 nitrogen and oxygen atoms in total. The van der Waals surface area contributed by atoms with E-state index in [0.717, 1.165) is 6.07 Å². The van der Waals surface area contributed by atoms with Crippen LogP contribution in [-0.4, -0.2) is 27.0 Å². The van der Waals surface area contributed by atoms with Gasteiger partial charge in [-0.15, -0.1) is 0 Å². The van der Waals surface area contributed by atoms with Gasteiger partial charge in [-0.1, -0.05) is 30.3 Å². The van der Waals surface area contributed by atoms with Gasteiger partial charge in [0.1, 0.15) is 17.6 Å². The van der Waals surface area contributed by atoms with Gasteiger partial charge >= 0.3 is 6.18 Å². The number of ether oxygens (including phenoxy) is 1. The van der Waals surface area contributed by atoms with Crippen molar-refractivity contribution in [2.75, 3.05) is 11.9 Å². The number of benzene rings is 3. The van der Waals surface area contributed by atoms with Crippen molar-refractivity contribution < 1.29 is 35.5 Å². The molecule has 0 aromatic heterocycles. The summed E-state index contributed by atoms with van der Waals surface area (Å²) in [5.74, 6) is -1.95. The molecule has 0 unspecified atom stereocenters. The van der Waals surface area contributed by atoms with Crippen LogP contribution in [-0.2, 0) is 27.4 Å². The molecule has 0 aliphatic rings. The maximum absolute atomic E-state index is 13.6. The van der Waals surface area contributed by atoms with Crippen molar-refractivity contribution in [3.05, 3.63) is 89.7 Å². The monoisotopic (exact) mass is 510 g/mol. The predicted molar refractivity (Wildman–Crippen MR) is 122 cm³/mol. The number of nitrogens with one attached hydrogen (secondary N) is 2. The van der Waals surface area contributed by atoms with Gasteiger partial charge in [0, 0.05) is 5.69 Å². The van der Waals surface area contributed by atoms with Crippen LogP contribution in [0, 0.1) is 5.82 Å². The van der Waals surface area contributed by atoms with Crippen LogP contribution >= 0.6 is 0 Å². The van der Waals surface area contributed by atoms with E-state index in [1.165, 1.54) is 24.3 Å². The number of alkyl halides is 3. The smallest absolute Gasteiger partial charge is 0.419 e. The first kappa shape index (κ1) is 26.2. The minimum Gasteiger partial charge on any atom is -0.494 e. The Morgan fingerprint density at radius 3 is 2.26 bits per heavy atom. The Kier molecular flexibility index (Phi) is 8.13. The van der Waals surface area contributed by atoms with Crippen LogP contribution in [0.4, 0.5) is 23.2 Å². The largest absolute Gasteiger partial charge is 0.494 e. The summed E-state index contributed by atoms with van der Waals surface area (Å²) in [4.78, 5) is 12.8. The normalized spacial score (nSPS) is 12.7. The van der Waals surface area contributed by atoms with Crippen molar-refractivity contribution in [2.45, 2.75) is 30.5 Å². The molecule has 0 saturated carbocycles. The molecule has 3 rings (SSSR count). The van der Waals surface area contributed by atoms with Gasteiger partial charge in [-0.05, 0) is 61.4 Å². The number of amides is 1. The number of hydrogen-bond acceptors (Lipinski definition) is 4. The van der Waals surface area contributed by atoms with E-state index in [9.17, 15) is 30.8 Å². The van der Waals surface area contributed by atoms with Crippen molar-refractivity contribution in [1.82, 2.24) is 4.72 Å². The van der Waals surface area contributed by atoms with E-state index in [2.05, 4.69) is 10.0 Å². The fraction of sp³-hybridized carbons (Fsp3) is 0.208. The first-order valence-corrected chi connectivity index (χ1v) is 11.9. The average Bonchev–Trinajstić information content (AvgIpc) is 2.80. The summed E-state index contributed by atoms with van der Waals surface area (Å²) in [5, 5.41) is 2.25. The van der Waals surface area contributed by atoms with Gasteiger partial charge in [0.05, 0.1) is 17.1 Å². The lowest BCUT2D eigenvalue weighted by atomic mass is 10.1. The lowest BCUT2D eigenvalue weighted by Crippen LogP contribution is -2.45. The Labute approximate surface area is 200 Å². The van der Waals surface area contributed by atoms with Crippen molar-refractivity contribution in [1.29, 1.82) is 0 Å². The molecule has 2 N–H and O–H groups in total. The van der Waals surface area contributed by atoms with E-state index in [1.807, 2.05) is 0 Å². The third-order valence-electron chi connectivity index (χ3n) is 4.88. The van der Waals surface area contributed by atoms with E-state index in [-0.39, 0.29) is 17.0 Å². The number of hydrogen-bond donors (Lipinski definition) is 2. The number of carbonyl (C=O) groups excluding carboxylic acids is 1. The van der Waals surface area contributed by atoms with E-state index < -0.39 is 39.5 Å². The van der Waals surface area contributed by atoms with Gasteiger partial charge in [0.15, 0.2) is 0 Å². The topological polar surface area (TPSA) is 84.5 Å². The van der Waals surface area contributed by atoms with Crippen molar-refractivity contribution in [3.8, 4) is 5.75 Å². The number of rotatable bonds is 9. The highest BCUT2D eigenvalue weighted by Gasteiger charge is 2.34. The standard InChI is InChI=1S/C24H22F4N2O4S/c1-2-34-18-9-11-19(12-10-18)35(32,33)30-22(14-16-6-4-3-5-7-16)23(31)29-17-8-13-21(25)20(15-17)24(26,27)28/h3-13,15,22,30H,2,14H2,1H3,(H,29,31)/t22-/m0/s1. The molecule has 35 heavy (non-hydrogen) atoms. The van der Waals surface area contributed by atoms with E-state index in [0.29, 0.717) is 30.1 Å². The van der Waals surface area contributed by atoms with Crippen molar-refractivity contribution >= 4 is 21.6 Å². The van der Waals surface area contributed by atoms with Gasteiger partial charge in [0.25, 0.3) is 0 Å². The first-order chi connectivity index (χ1) is 16.5. The van der Waals surface area contributed by atoms with Crippen LogP contribution in [0.1, 0.15) is 18.1 Å². The van der Waals surface area contributed by atoms with Crippen LogP contribution in [0.25, 0.3) is 0 Å². The molecular formula is C24H22F4N2O4S. The summed E-state index contributed by atoms with van der Waals surface area (Å²) < 4.78 is 86.3. The lowest BCUT2D eigenvalue weighted by Gasteiger charge is -2.19. The number of anilines is 1. The number of sulfonamides is 1. The first-order valence-electron chi connectivity index (χ1n) is 10.5. The summed E-state index contributed by atoms with van der Waals surface area (Å²) in [6.45, 7) is 2.17. The molecule has 186 valence electrons. The minimum absolute atomic E-state index is 0.0870.